The highest BCUT2D eigenvalue weighted by atomic mass is 16.6. The van der Waals surface area contributed by atoms with Crippen molar-refractivity contribution in [2.75, 3.05) is 68.3 Å². The molecule has 2 rings (SSSR count). The molecule has 0 radical (unpaired) electrons. The third kappa shape index (κ3) is 15.5. The van der Waals surface area contributed by atoms with Crippen LogP contribution in [-0.2, 0) is 9.47 Å². The Hall–Kier alpha value is -3.13. The summed E-state index contributed by atoms with van der Waals surface area (Å²) in [7, 11) is 0. The number of nitrogens with zero attached hydrogens (tertiary/aromatic N) is 4. The van der Waals surface area contributed by atoms with Gasteiger partial charge >= 0.3 is 12.2 Å². The number of alkyl carbamates (subject to hydrolysis) is 2. The minimum Gasteiger partial charge on any atom is -0.444 e. The normalized spacial score (nSPS) is 14.8. The molecule has 0 unspecified atom stereocenters. The maximum atomic E-state index is 11.8. The van der Waals surface area contributed by atoms with E-state index in [1.807, 2.05) is 41.5 Å². The van der Waals surface area contributed by atoms with Crippen molar-refractivity contribution in [3.05, 3.63) is 0 Å². The van der Waals surface area contributed by atoms with E-state index in [2.05, 4.69) is 46.4 Å². The van der Waals surface area contributed by atoms with Crippen LogP contribution in [-0.4, -0.2) is 107 Å². The maximum absolute atomic E-state index is 11.8. The van der Waals surface area contributed by atoms with Gasteiger partial charge in [-0.3, -0.25) is 0 Å². The van der Waals surface area contributed by atoms with E-state index in [4.69, 9.17) is 9.47 Å². The molecule has 40 heavy (non-hydrogen) atoms. The highest BCUT2D eigenvalue weighted by Crippen LogP contribution is 2.12. The molecule has 1 aliphatic heterocycles. The second-order valence-corrected chi connectivity index (χ2v) is 11.7. The summed E-state index contributed by atoms with van der Waals surface area (Å²) in [6.45, 7) is 16.1. The molecule has 6 N–H and O–H groups in total. The average molecular weight is 568 g/mol. The molecule has 228 valence electrons. The molecule has 1 saturated heterocycles. The van der Waals surface area contributed by atoms with Gasteiger partial charge in [0.1, 0.15) is 11.2 Å². The SMILES string of the molecule is CC(C)(C)OC(=O)NCCCNc1nc(NCCCNC(=O)OC(C)(C)C)nc(NCCN2CCC(O)CC2)n1. The molecule has 1 aromatic heterocycles. The quantitative estimate of drug-likeness (QED) is 0.181. The van der Waals surface area contributed by atoms with Gasteiger partial charge in [-0.25, -0.2) is 9.59 Å². The molecule has 1 aromatic rings. The number of nitrogens with one attached hydrogen (secondary N) is 5. The molecule has 1 fully saturated rings. The van der Waals surface area contributed by atoms with Crippen molar-refractivity contribution >= 4 is 30.0 Å². The van der Waals surface area contributed by atoms with Crippen LogP contribution in [0.25, 0.3) is 0 Å². The molecule has 0 bridgehead atoms. The Morgan fingerprint density at radius 1 is 0.750 bits per heavy atom. The third-order valence-electron chi connectivity index (χ3n) is 5.51. The van der Waals surface area contributed by atoms with E-state index in [-0.39, 0.29) is 6.10 Å². The van der Waals surface area contributed by atoms with Crippen molar-refractivity contribution in [3.63, 3.8) is 0 Å². The number of aromatic nitrogens is 3. The molecule has 0 saturated carbocycles. The number of amides is 2. The molecular weight excluding hydrogens is 518 g/mol. The van der Waals surface area contributed by atoms with Gasteiger partial charge in [-0.05, 0) is 67.2 Å². The summed E-state index contributed by atoms with van der Waals surface area (Å²) >= 11 is 0. The number of anilines is 3. The van der Waals surface area contributed by atoms with Gasteiger partial charge in [0.2, 0.25) is 17.8 Å². The van der Waals surface area contributed by atoms with E-state index in [0.29, 0.717) is 63.4 Å². The van der Waals surface area contributed by atoms with Crippen LogP contribution in [0.3, 0.4) is 0 Å². The van der Waals surface area contributed by atoms with Gasteiger partial charge in [0.15, 0.2) is 0 Å². The summed E-state index contributed by atoms with van der Waals surface area (Å²) in [6.07, 6.45) is 1.78. The van der Waals surface area contributed by atoms with Gasteiger partial charge in [0.05, 0.1) is 6.10 Å². The fourth-order valence-electron chi connectivity index (χ4n) is 3.67. The van der Waals surface area contributed by atoms with Gasteiger partial charge < -0.3 is 46.1 Å². The predicted molar refractivity (Wildman–Crippen MR) is 155 cm³/mol. The molecule has 0 aromatic carbocycles. The monoisotopic (exact) mass is 567 g/mol. The topological polar surface area (TPSA) is 175 Å². The Morgan fingerprint density at radius 2 is 1.15 bits per heavy atom. The zero-order valence-corrected chi connectivity index (χ0v) is 24.9. The highest BCUT2D eigenvalue weighted by Gasteiger charge is 2.18. The number of aliphatic hydroxyl groups is 1. The smallest absolute Gasteiger partial charge is 0.407 e. The zero-order valence-electron chi connectivity index (χ0n) is 24.9. The first kappa shape index (κ1) is 33.1. The minimum atomic E-state index is -0.541. The van der Waals surface area contributed by atoms with Crippen molar-refractivity contribution < 1.29 is 24.2 Å². The lowest BCUT2D eigenvalue weighted by atomic mass is 10.1. The summed E-state index contributed by atoms with van der Waals surface area (Å²) in [5.74, 6) is 1.26. The van der Waals surface area contributed by atoms with Gasteiger partial charge in [-0.1, -0.05) is 0 Å². The van der Waals surface area contributed by atoms with Crippen LogP contribution in [0.1, 0.15) is 67.2 Å². The van der Waals surface area contributed by atoms with Gasteiger partial charge in [0.25, 0.3) is 0 Å². The van der Waals surface area contributed by atoms with Crippen molar-refractivity contribution in [1.29, 1.82) is 0 Å². The van der Waals surface area contributed by atoms with Crippen LogP contribution in [0.4, 0.5) is 27.4 Å². The van der Waals surface area contributed by atoms with Crippen LogP contribution in [0.15, 0.2) is 0 Å². The highest BCUT2D eigenvalue weighted by molar-refractivity contribution is 5.67. The number of rotatable bonds is 14. The number of carbonyl (C=O) groups is 2. The van der Waals surface area contributed by atoms with E-state index in [1.165, 1.54) is 0 Å². The minimum absolute atomic E-state index is 0.200. The summed E-state index contributed by atoms with van der Waals surface area (Å²) in [5.41, 5.74) is -1.08. The summed E-state index contributed by atoms with van der Waals surface area (Å²) in [4.78, 5) is 39.3. The number of carbonyl (C=O) groups excluding carboxylic acids is 2. The van der Waals surface area contributed by atoms with E-state index >= 15 is 0 Å². The van der Waals surface area contributed by atoms with Crippen LogP contribution >= 0.6 is 0 Å². The summed E-state index contributed by atoms with van der Waals surface area (Å²) in [5, 5.41) is 24.8. The van der Waals surface area contributed by atoms with Crippen molar-refractivity contribution in [2.45, 2.75) is 84.5 Å². The van der Waals surface area contributed by atoms with Crippen molar-refractivity contribution in [1.82, 2.24) is 30.5 Å². The molecule has 0 spiro atoms. The van der Waals surface area contributed by atoms with Gasteiger partial charge in [-0.2, -0.15) is 15.0 Å². The van der Waals surface area contributed by atoms with Crippen LogP contribution in [0.5, 0.6) is 0 Å². The Bertz CT molecular complexity index is 857. The molecule has 0 atom stereocenters. The lowest BCUT2D eigenvalue weighted by Gasteiger charge is -2.29. The first-order valence-corrected chi connectivity index (χ1v) is 14.1. The number of aliphatic hydroxyl groups excluding tert-OH is 1. The largest absolute Gasteiger partial charge is 0.444 e. The first-order chi connectivity index (χ1) is 18.8. The van der Waals surface area contributed by atoms with Crippen LogP contribution in [0, 0.1) is 0 Å². The molecule has 14 nitrogen and oxygen atoms in total. The number of hydrogen-bond acceptors (Lipinski definition) is 12. The zero-order chi connectivity index (χ0) is 29.6. The lowest BCUT2D eigenvalue weighted by molar-refractivity contribution is 0.0516. The van der Waals surface area contributed by atoms with E-state index in [9.17, 15) is 14.7 Å². The molecule has 1 aliphatic rings. The van der Waals surface area contributed by atoms with Crippen molar-refractivity contribution in [2.24, 2.45) is 0 Å². The Labute approximate surface area is 237 Å². The van der Waals surface area contributed by atoms with Crippen molar-refractivity contribution in [3.8, 4) is 0 Å². The standard InChI is InChI=1S/C26H49N9O5/c1-25(2,3)39-23(37)30-13-7-11-27-20-32-21(28-12-8-14-31-24(38)40-26(4,5)6)34-22(33-20)29-15-18-35-16-9-19(36)10-17-35/h19,36H,7-18H2,1-6H3,(H,30,37)(H,31,38)(H3,27,28,29,32,33,34). The fourth-order valence-corrected chi connectivity index (χ4v) is 3.67. The summed E-state index contributed by atoms with van der Waals surface area (Å²) in [6, 6.07) is 0. The van der Waals surface area contributed by atoms with Gasteiger partial charge in [0, 0.05) is 52.4 Å². The molecule has 2 amide bonds. The predicted octanol–water partition coefficient (Wildman–Crippen LogP) is 2.39. The maximum Gasteiger partial charge on any atom is 0.407 e. The average Bonchev–Trinajstić information content (AvgIpc) is 2.82. The Balaban J connectivity index is 1.84. The van der Waals surface area contributed by atoms with Crippen LogP contribution in [0.2, 0.25) is 0 Å². The number of hydrogen-bond donors (Lipinski definition) is 6. The first-order valence-electron chi connectivity index (χ1n) is 14.1. The Morgan fingerprint density at radius 3 is 1.55 bits per heavy atom. The van der Waals surface area contributed by atoms with Crippen LogP contribution < -0.4 is 26.6 Å². The summed E-state index contributed by atoms with van der Waals surface area (Å²) < 4.78 is 10.5. The lowest BCUT2D eigenvalue weighted by Crippen LogP contribution is -2.38. The number of piperidine rings is 1. The Kier molecular flexibility index (Phi) is 13.4. The fraction of sp³-hybridized carbons (Fsp3) is 0.808. The molecule has 14 heteroatoms. The second-order valence-electron chi connectivity index (χ2n) is 11.7. The van der Waals surface area contributed by atoms with Gasteiger partial charge in [-0.15, -0.1) is 0 Å². The number of ether oxygens (including phenoxy) is 2. The molecule has 2 heterocycles. The molecule has 0 aliphatic carbocycles. The third-order valence-corrected chi connectivity index (χ3v) is 5.51. The second kappa shape index (κ2) is 16.2. The van der Waals surface area contributed by atoms with E-state index < -0.39 is 23.4 Å². The number of likely N-dealkylation sites (tertiary alicyclic amines) is 1. The molecular formula is C26H49N9O5. The van der Waals surface area contributed by atoms with E-state index in [1.54, 1.807) is 0 Å². The van der Waals surface area contributed by atoms with E-state index in [0.717, 1.165) is 32.5 Å².